The van der Waals surface area contributed by atoms with E-state index in [1.165, 1.54) is 0 Å². The van der Waals surface area contributed by atoms with Gasteiger partial charge in [0.2, 0.25) is 0 Å². The number of ketones is 1. The van der Waals surface area contributed by atoms with E-state index in [0.29, 0.717) is 25.2 Å². The Labute approximate surface area is 149 Å². The molecule has 0 aromatic carbocycles. The Morgan fingerprint density at radius 1 is 1.30 bits per heavy atom. The van der Waals surface area contributed by atoms with Crippen LogP contribution in [0.15, 0.2) is 0 Å². The lowest BCUT2D eigenvalue weighted by atomic mass is 9.45. The number of hydrogen-bond acceptors (Lipinski definition) is 3. The third-order valence-electron chi connectivity index (χ3n) is 8.24. The van der Waals surface area contributed by atoms with Gasteiger partial charge in [-0.3, -0.25) is 4.79 Å². The standard InChI is InChI=1S/C19H27BrO3/c1-17-6-5-14-12(13(17)2-3-15(17)22)8-16-19(20)9-11(21)4-7-18(14,19)10-23-16/h11-14,16,21H,2-10H2,1H3/t11-,12-,13-,14-,16+,17-,18-,19-/m0/s1/i8D2. The minimum atomic E-state index is -1.47. The molecular formula is C19H27BrO3. The molecule has 23 heavy (non-hydrogen) atoms. The highest BCUT2D eigenvalue weighted by atomic mass is 79.9. The van der Waals surface area contributed by atoms with Gasteiger partial charge in [0.25, 0.3) is 0 Å². The van der Waals surface area contributed by atoms with Crippen molar-refractivity contribution in [1.29, 1.82) is 0 Å². The molecule has 128 valence electrons. The van der Waals surface area contributed by atoms with E-state index in [2.05, 4.69) is 22.9 Å². The minimum absolute atomic E-state index is 0.0971. The van der Waals surface area contributed by atoms with Crippen molar-refractivity contribution in [3.8, 4) is 0 Å². The average Bonchev–Trinajstić information content (AvgIpc) is 2.97. The smallest absolute Gasteiger partial charge is 0.139 e. The molecule has 1 N–H and O–H groups in total. The fraction of sp³-hybridized carbons (Fsp3) is 0.947. The number of hydrogen-bond donors (Lipinski definition) is 1. The molecule has 5 fully saturated rings. The van der Waals surface area contributed by atoms with Crippen LogP contribution in [0.1, 0.15) is 61.0 Å². The molecule has 5 rings (SSSR count). The number of aliphatic hydroxyl groups is 1. The fourth-order valence-electron chi connectivity index (χ4n) is 6.93. The van der Waals surface area contributed by atoms with Crippen molar-refractivity contribution in [2.75, 3.05) is 6.61 Å². The Bertz CT molecular complexity index is 642. The van der Waals surface area contributed by atoms with Gasteiger partial charge in [0.1, 0.15) is 5.78 Å². The number of halogens is 1. The Morgan fingerprint density at radius 2 is 2.13 bits per heavy atom. The number of alkyl halides is 1. The van der Waals surface area contributed by atoms with E-state index in [4.69, 9.17) is 7.48 Å². The van der Waals surface area contributed by atoms with E-state index in [1.54, 1.807) is 0 Å². The summed E-state index contributed by atoms with van der Waals surface area (Å²) in [6.45, 7) is 2.67. The molecule has 1 heterocycles. The van der Waals surface area contributed by atoms with E-state index in [-0.39, 0.29) is 34.7 Å². The minimum Gasteiger partial charge on any atom is -0.393 e. The van der Waals surface area contributed by atoms with Crippen LogP contribution in [0, 0.1) is 28.6 Å². The molecule has 4 heteroatoms. The lowest BCUT2D eigenvalue weighted by molar-refractivity contribution is -0.136. The molecule has 0 aromatic heterocycles. The van der Waals surface area contributed by atoms with Gasteiger partial charge in [-0.2, -0.15) is 0 Å². The van der Waals surface area contributed by atoms with Gasteiger partial charge in [0.05, 0.1) is 23.1 Å². The number of ether oxygens (including phenoxy) is 1. The highest BCUT2D eigenvalue weighted by Gasteiger charge is 2.72. The zero-order valence-electron chi connectivity index (χ0n) is 15.7. The maximum Gasteiger partial charge on any atom is 0.139 e. The van der Waals surface area contributed by atoms with Crippen molar-refractivity contribution in [2.45, 2.75) is 74.8 Å². The summed E-state index contributed by atoms with van der Waals surface area (Å²) < 4.78 is 23.8. The Kier molecular flexibility index (Phi) is 2.67. The zero-order valence-corrected chi connectivity index (χ0v) is 15.3. The van der Waals surface area contributed by atoms with Gasteiger partial charge in [-0.15, -0.1) is 0 Å². The summed E-state index contributed by atoms with van der Waals surface area (Å²) in [5.41, 5.74) is -0.439. The molecule has 3 nitrogen and oxygen atoms in total. The Balaban J connectivity index is 1.65. The van der Waals surface area contributed by atoms with E-state index >= 15 is 0 Å². The fourth-order valence-corrected chi connectivity index (χ4v) is 8.17. The summed E-state index contributed by atoms with van der Waals surface area (Å²) in [7, 11) is 0. The van der Waals surface area contributed by atoms with Crippen LogP contribution < -0.4 is 0 Å². The van der Waals surface area contributed by atoms with Gasteiger partial charge in [-0.05, 0) is 62.7 Å². The first-order valence-electron chi connectivity index (χ1n) is 10.2. The molecule has 5 aliphatic rings. The van der Waals surface area contributed by atoms with Crippen LogP contribution in [-0.4, -0.2) is 34.0 Å². The van der Waals surface area contributed by atoms with Crippen molar-refractivity contribution in [1.82, 2.24) is 0 Å². The maximum atomic E-state index is 12.6. The molecule has 8 atom stereocenters. The van der Waals surface area contributed by atoms with Crippen LogP contribution in [0.4, 0.5) is 0 Å². The second-order valence-electron chi connectivity index (χ2n) is 8.93. The zero-order chi connectivity index (χ0) is 17.8. The Morgan fingerprint density at radius 3 is 2.96 bits per heavy atom. The van der Waals surface area contributed by atoms with Crippen LogP contribution in [0.5, 0.6) is 0 Å². The SMILES string of the molecule is [2H]C1([2H])[C@@H]2[C@H](CC[C@]3(C)C(=O)CC[C@@H]23)[C@@]23CC[C@H](O)C[C@]2(Br)[C@@H]1OC3. The van der Waals surface area contributed by atoms with Crippen molar-refractivity contribution in [3.63, 3.8) is 0 Å². The first-order chi connectivity index (χ1) is 11.7. The van der Waals surface area contributed by atoms with E-state index in [0.717, 1.165) is 32.1 Å². The normalized spacial score (nSPS) is 64.5. The molecular weight excluding hydrogens is 356 g/mol. The number of rotatable bonds is 0. The molecule has 4 saturated carbocycles. The molecule has 1 aliphatic heterocycles. The lowest BCUT2D eigenvalue weighted by Gasteiger charge is -2.61. The summed E-state index contributed by atoms with van der Waals surface area (Å²) in [6, 6.07) is 0. The van der Waals surface area contributed by atoms with Gasteiger partial charge in [0, 0.05) is 20.0 Å². The first kappa shape index (κ1) is 13.3. The second-order valence-corrected chi connectivity index (χ2v) is 10.3. The predicted molar refractivity (Wildman–Crippen MR) is 90.4 cm³/mol. The summed E-state index contributed by atoms with van der Waals surface area (Å²) >= 11 is 3.94. The van der Waals surface area contributed by atoms with Crippen molar-refractivity contribution in [3.05, 3.63) is 0 Å². The Hall–Kier alpha value is 0.0700. The van der Waals surface area contributed by atoms with Crippen LogP contribution in [0.2, 0.25) is 0 Å². The van der Waals surface area contributed by atoms with E-state index in [1.807, 2.05) is 0 Å². The average molecular weight is 385 g/mol. The van der Waals surface area contributed by atoms with E-state index in [9.17, 15) is 9.90 Å². The number of Topliss-reactive ketones (excluding diaryl/α,β-unsaturated/α-hetero) is 1. The van der Waals surface area contributed by atoms with Crippen LogP contribution in [0.25, 0.3) is 0 Å². The molecule has 0 aromatic rings. The molecule has 2 bridgehead atoms. The quantitative estimate of drug-likeness (QED) is 0.650. The van der Waals surface area contributed by atoms with Gasteiger partial charge < -0.3 is 9.84 Å². The van der Waals surface area contributed by atoms with Crippen LogP contribution in [-0.2, 0) is 9.53 Å². The third-order valence-corrected chi connectivity index (χ3v) is 9.77. The molecule has 0 unspecified atom stereocenters. The van der Waals surface area contributed by atoms with E-state index < -0.39 is 16.8 Å². The molecule has 1 saturated heterocycles. The third kappa shape index (κ3) is 1.67. The lowest BCUT2D eigenvalue weighted by Crippen LogP contribution is -2.63. The monoisotopic (exact) mass is 384 g/mol. The number of fused-ring (bicyclic) bond motifs is 3. The molecule has 0 radical (unpaired) electrons. The summed E-state index contributed by atoms with van der Waals surface area (Å²) in [6.07, 6.45) is 3.08. The van der Waals surface area contributed by atoms with Crippen molar-refractivity contribution >= 4 is 21.7 Å². The number of carbonyl (C=O) groups is 1. The second kappa shape index (κ2) is 4.62. The highest BCUT2D eigenvalue weighted by molar-refractivity contribution is 9.10. The molecule has 0 spiro atoms. The van der Waals surface area contributed by atoms with Crippen LogP contribution >= 0.6 is 15.9 Å². The largest absolute Gasteiger partial charge is 0.393 e. The van der Waals surface area contributed by atoms with Crippen molar-refractivity contribution < 1.29 is 17.4 Å². The van der Waals surface area contributed by atoms with Gasteiger partial charge >= 0.3 is 0 Å². The topological polar surface area (TPSA) is 46.5 Å². The highest BCUT2D eigenvalue weighted by Crippen LogP contribution is 2.71. The van der Waals surface area contributed by atoms with Crippen LogP contribution in [0.3, 0.4) is 0 Å². The number of aliphatic hydroxyl groups excluding tert-OH is 1. The maximum absolute atomic E-state index is 12.6. The molecule has 0 amide bonds. The molecule has 4 aliphatic carbocycles. The summed E-state index contributed by atoms with van der Waals surface area (Å²) in [4.78, 5) is 12.6. The first-order valence-corrected chi connectivity index (χ1v) is 9.98. The van der Waals surface area contributed by atoms with Gasteiger partial charge in [-0.25, -0.2) is 0 Å². The summed E-state index contributed by atoms with van der Waals surface area (Å²) in [5, 5.41) is 10.3. The summed E-state index contributed by atoms with van der Waals surface area (Å²) in [5.74, 6) is 0.606. The van der Waals surface area contributed by atoms with Gasteiger partial charge in [-0.1, -0.05) is 22.9 Å². The number of carbonyl (C=O) groups excluding carboxylic acids is 1. The predicted octanol–water partition coefficient (Wildman–Crippen LogP) is 3.47. The van der Waals surface area contributed by atoms with Crippen molar-refractivity contribution in [2.24, 2.45) is 28.6 Å². The van der Waals surface area contributed by atoms with Gasteiger partial charge in [0.15, 0.2) is 0 Å².